The largest absolute Gasteiger partial charge is 0.379 e. The predicted molar refractivity (Wildman–Crippen MR) is 73.7 cm³/mol. The Hall–Kier alpha value is -1.03. The van der Waals surface area contributed by atoms with E-state index in [4.69, 9.17) is 4.74 Å². The minimum absolute atomic E-state index is 0.180. The van der Waals surface area contributed by atoms with Gasteiger partial charge >= 0.3 is 0 Å². The number of sulfonamides is 1. The average Bonchev–Trinajstić information content (AvgIpc) is 2.73. The molecule has 6 nitrogen and oxygen atoms in total. The first-order valence-corrected chi connectivity index (χ1v) is 9.52. The van der Waals surface area contributed by atoms with Gasteiger partial charge in [0.15, 0.2) is 9.84 Å². The molecule has 118 valence electrons. The van der Waals surface area contributed by atoms with Crippen molar-refractivity contribution in [1.82, 2.24) is 4.72 Å². The van der Waals surface area contributed by atoms with Crippen LogP contribution in [0.5, 0.6) is 0 Å². The van der Waals surface area contributed by atoms with Gasteiger partial charge in [0.05, 0.1) is 17.0 Å². The molecule has 1 aromatic carbocycles. The topological polar surface area (TPSA) is 89.5 Å². The summed E-state index contributed by atoms with van der Waals surface area (Å²) in [6, 6.07) is 2.69. The first-order valence-electron chi connectivity index (χ1n) is 6.15. The number of halogens is 1. The first-order chi connectivity index (χ1) is 9.54. The van der Waals surface area contributed by atoms with Gasteiger partial charge in [0.25, 0.3) is 0 Å². The Morgan fingerprint density at radius 1 is 1.29 bits per heavy atom. The molecule has 9 heteroatoms. The van der Waals surface area contributed by atoms with Crippen LogP contribution >= 0.6 is 0 Å². The Labute approximate surface area is 123 Å². The van der Waals surface area contributed by atoms with Crippen LogP contribution in [-0.4, -0.2) is 41.8 Å². The van der Waals surface area contributed by atoms with Gasteiger partial charge in [-0.15, -0.1) is 0 Å². The van der Waals surface area contributed by atoms with E-state index in [-0.39, 0.29) is 11.5 Å². The number of nitrogens with one attached hydrogen (secondary N) is 1. The average molecular weight is 337 g/mol. The highest BCUT2D eigenvalue weighted by Crippen LogP contribution is 2.24. The zero-order chi connectivity index (χ0) is 15.9. The van der Waals surface area contributed by atoms with Gasteiger partial charge in [0.2, 0.25) is 10.0 Å². The number of hydrogen-bond donors (Lipinski definition) is 1. The van der Waals surface area contributed by atoms with E-state index in [2.05, 4.69) is 4.72 Å². The highest BCUT2D eigenvalue weighted by molar-refractivity contribution is 7.91. The Kier molecular flexibility index (Phi) is 4.13. The maximum atomic E-state index is 13.8. The molecule has 1 fully saturated rings. The fraction of sp³-hybridized carbons (Fsp3) is 0.500. The van der Waals surface area contributed by atoms with Crippen LogP contribution in [0.2, 0.25) is 0 Å². The Morgan fingerprint density at radius 2 is 1.95 bits per heavy atom. The zero-order valence-electron chi connectivity index (χ0n) is 11.6. The fourth-order valence-electron chi connectivity index (χ4n) is 2.05. The van der Waals surface area contributed by atoms with Gasteiger partial charge in [-0.2, -0.15) is 0 Å². The molecule has 1 unspecified atom stereocenters. The van der Waals surface area contributed by atoms with Crippen LogP contribution in [0.15, 0.2) is 28.0 Å². The fourth-order valence-corrected chi connectivity index (χ4v) is 4.30. The second-order valence-corrected chi connectivity index (χ2v) is 9.00. The van der Waals surface area contributed by atoms with E-state index in [9.17, 15) is 21.2 Å². The Bertz CT molecular complexity index is 752. The zero-order valence-corrected chi connectivity index (χ0v) is 13.2. The van der Waals surface area contributed by atoms with Crippen molar-refractivity contribution in [3.63, 3.8) is 0 Å². The standard InChI is InChI=1S/C12H16FNO5S2/c1-12(5-6-19-8-12)14-21(17,18)11-7-9(20(2,15)16)3-4-10(11)13/h3-4,7,14H,5-6,8H2,1-2H3. The van der Waals surface area contributed by atoms with Gasteiger partial charge in [-0.25, -0.2) is 25.9 Å². The molecular formula is C12H16FNO5S2. The van der Waals surface area contributed by atoms with Crippen LogP contribution in [0.25, 0.3) is 0 Å². The van der Waals surface area contributed by atoms with E-state index in [1.165, 1.54) is 0 Å². The number of rotatable bonds is 4. The van der Waals surface area contributed by atoms with Crippen molar-refractivity contribution in [2.24, 2.45) is 0 Å². The molecule has 0 aromatic heterocycles. The van der Waals surface area contributed by atoms with Gasteiger partial charge in [-0.1, -0.05) is 0 Å². The third-order valence-corrected chi connectivity index (χ3v) is 5.98. The number of benzene rings is 1. The van der Waals surface area contributed by atoms with Gasteiger partial charge < -0.3 is 4.74 Å². The summed E-state index contributed by atoms with van der Waals surface area (Å²) in [5.41, 5.74) is -0.827. The summed E-state index contributed by atoms with van der Waals surface area (Å²) in [5.74, 6) is -1.00. The quantitative estimate of drug-likeness (QED) is 0.817. The van der Waals surface area contributed by atoms with E-state index in [0.717, 1.165) is 24.5 Å². The molecule has 1 aromatic rings. The van der Waals surface area contributed by atoms with E-state index in [1.807, 2.05) is 0 Å². The lowest BCUT2D eigenvalue weighted by Gasteiger charge is -2.23. The van der Waals surface area contributed by atoms with Crippen molar-refractivity contribution < 1.29 is 26.0 Å². The summed E-state index contributed by atoms with van der Waals surface area (Å²) in [7, 11) is -7.81. The van der Waals surface area contributed by atoms with Gasteiger partial charge in [0, 0.05) is 12.9 Å². The molecule has 21 heavy (non-hydrogen) atoms. The van der Waals surface area contributed by atoms with Crippen molar-refractivity contribution in [2.75, 3.05) is 19.5 Å². The molecule has 2 rings (SSSR count). The van der Waals surface area contributed by atoms with E-state index in [1.54, 1.807) is 6.92 Å². The number of hydrogen-bond acceptors (Lipinski definition) is 5. The minimum atomic E-state index is -4.19. The van der Waals surface area contributed by atoms with Crippen LogP contribution in [-0.2, 0) is 24.6 Å². The van der Waals surface area contributed by atoms with E-state index in [0.29, 0.717) is 13.0 Å². The molecule has 0 spiro atoms. The Balaban J connectivity index is 2.44. The molecule has 1 aliphatic rings. The maximum Gasteiger partial charge on any atom is 0.244 e. The molecule has 1 aliphatic heterocycles. The van der Waals surface area contributed by atoms with E-state index < -0.39 is 36.1 Å². The predicted octanol–water partition coefficient (Wildman–Crippen LogP) is 0.687. The molecule has 0 amide bonds. The SMILES string of the molecule is CC1(NS(=O)(=O)c2cc(S(C)(=O)=O)ccc2F)CCOC1. The number of ether oxygens (including phenoxy) is 1. The van der Waals surface area contributed by atoms with Crippen LogP contribution in [0.3, 0.4) is 0 Å². The van der Waals surface area contributed by atoms with Crippen molar-refractivity contribution >= 4 is 19.9 Å². The number of sulfone groups is 1. The van der Waals surface area contributed by atoms with Crippen molar-refractivity contribution in [2.45, 2.75) is 28.7 Å². The van der Waals surface area contributed by atoms with Crippen molar-refractivity contribution in [3.8, 4) is 0 Å². The van der Waals surface area contributed by atoms with Crippen molar-refractivity contribution in [1.29, 1.82) is 0 Å². The van der Waals surface area contributed by atoms with Gasteiger partial charge in [-0.05, 0) is 31.5 Å². The third kappa shape index (κ3) is 3.60. The first kappa shape index (κ1) is 16.3. The second kappa shape index (κ2) is 5.31. The second-order valence-electron chi connectivity index (χ2n) is 5.33. The normalized spacial score (nSPS) is 23.4. The molecule has 1 atom stereocenters. The van der Waals surface area contributed by atoms with Crippen LogP contribution < -0.4 is 4.72 Å². The highest BCUT2D eigenvalue weighted by atomic mass is 32.2. The van der Waals surface area contributed by atoms with Crippen molar-refractivity contribution in [3.05, 3.63) is 24.0 Å². The summed E-state index contributed by atoms with van der Waals surface area (Å²) in [4.78, 5) is -0.935. The summed E-state index contributed by atoms with van der Waals surface area (Å²) in [6.45, 7) is 2.24. The monoisotopic (exact) mass is 337 g/mol. The third-order valence-electron chi connectivity index (χ3n) is 3.22. The molecule has 0 aliphatic carbocycles. The van der Waals surface area contributed by atoms with Gasteiger partial charge in [0.1, 0.15) is 10.7 Å². The molecule has 0 saturated carbocycles. The van der Waals surface area contributed by atoms with Crippen LogP contribution in [0.1, 0.15) is 13.3 Å². The molecule has 1 heterocycles. The van der Waals surface area contributed by atoms with E-state index >= 15 is 0 Å². The van der Waals surface area contributed by atoms with Gasteiger partial charge in [-0.3, -0.25) is 0 Å². The maximum absolute atomic E-state index is 13.8. The summed E-state index contributed by atoms with van der Waals surface area (Å²) in [5, 5.41) is 0. The lowest BCUT2D eigenvalue weighted by atomic mass is 10.0. The van der Waals surface area contributed by atoms with Crippen LogP contribution in [0.4, 0.5) is 4.39 Å². The molecule has 0 bridgehead atoms. The lowest BCUT2D eigenvalue weighted by molar-refractivity contribution is 0.178. The molecule has 1 saturated heterocycles. The summed E-state index contributed by atoms with van der Waals surface area (Å²) in [6.07, 6.45) is 1.38. The summed E-state index contributed by atoms with van der Waals surface area (Å²) < 4.78 is 68.9. The molecule has 0 radical (unpaired) electrons. The summed E-state index contributed by atoms with van der Waals surface area (Å²) >= 11 is 0. The minimum Gasteiger partial charge on any atom is -0.379 e. The Morgan fingerprint density at radius 3 is 2.48 bits per heavy atom. The smallest absolute Gasteiger partial charge is 0.244 e. The van der Waals surface area contributed by atoms with Crippen LogP contribution in [0, 0.1) is 5.82 Å². The lowest BCUT2D eigenvalue weighted by Crippen LogP contribution is -2.46. The highest BCUT2D eigenvalue weighted by Gasteiger charge is 2.35. The molecular weight excluding hydrogens is 321 g/mol. The molecule has 1 N–H and O–H groups in total.